The SMILES string of the molecule is CCc1ccc(Nc2ncnc(NCCc3ccccc3)c2N)cc1. The standard InChI is InChI=1S/C20H23N5/c1-2-15-8-10-17(11-9-15)25-20-18(21)19(23-14-24-20)22-13-12-16-6-4-3-5-7-16/h3-11,14H,2,12-13,21H2,1H3,(H2,22,23,24,25). The molecule has 0 radical (unpaired) electrons. The fourth-order valence-electron chi connectivity index (χ4n) is 2.57. The zero-order valence-electron chi connectivity index (χ0n) is 14.4. The van der Waals surface area contributed by atoms with E-state index in [0.717, 1.165) is 25.1 Å². The lowest BCUT2D eigenvalue weighted by Crippen LogP contribution is -2.10. The number of aromatic nitrogens is 2. The lowest BCUT2D eigenvalue weighted by atomic mass is 10.1. The fraction of sp³-hybridized carbons (Fsp3) is 0.200. The Labute approximate surface area is 148 Å². The highest BCUT2D eigenvalue weighted by Gasteiger charge is 2.08. The van der Waals surface area contributed by atoms with E-state index in [4.69, 9.17) is 5.73 Å². The highest BCUT2D eigenvalue weighted by Crippen LogP contribution is 2.25. The van der Waals surface area contributed by atoms with Gasteiger partial charge in [0.05, 0.1) is 0 Å². The molecule has 0 aliphatic rings. The smallest absolute Gasteiger partial charge is 0.159 e. The first-order valence-corrected chi connectivity index (χ1v) is 8.50. The van der Waals surface area contributed by atoms with Gasteiger partial charge in [-0.2, -0.15) is 0 Å². The third-order valence-corrected chi connectivity index (χ3v) is 4.06. The normalized spacial score (nSPS) is 10.4. The molecule has 0 aliphatic carbocycles. The van der Waals surface area contributed by atoms with Crippen LogP contribution in [0.25, 0.3) is 0 Å². The maximum Gasteiger partial charge on any atom is 0.159 e. The van der Waals surface area contributed by atoms with Crippen molar-refractivity contribution in [2.75, 3.05) is 22.9 Å². The van der Waals surface area contributed by atoms with Crippen LogP contribution in [0.5, 0.6) is 0 Å². The minimum absolute atomic E-state index is 0.523. The van der Waals surface area contributed by atoms with Gasteiger partial charge in [0.25, 0.3) is 0 Å². The van der Waals surface area contributed by atoms with Gasteiger partial charge in [0.1, 0.15) is 12.0 Å². The van der Waals surface area contributed by atoms with E-state index in [1.165, 1.54) is 17.5 Å². The molecular weight excluding hydrogens is 310 g/mol. The van der Waals surface area contributed by atoms with Gasteiger partial charge in [0, 0.05) is 12.2 Å². The van der Waals surface area contributed by atoms with Crippen molar-refractivity contribution < 1.29 is 0 Å². The number of hydrogen-bond donors (Lipinski definition) is 3. The van der Waals surface area contributed by atoms with Crippen LogP contribution in [-0.4, -0.2) is 16.5 Å². The van der Waals surface area contributed by atoms with Crippen molar-refractivity contribution in [3.05, 3.63) is 72.1 Å². The zero-order valence-corrected chi connectivity index (χ0v) is 14.4. The summed E-state index contributed by atoms with van der Waals surface area (Å²) in [6.07, 6.45) is 3.45. The molecule has 0 aliphatic heterocycles. The van der Waals surface area contributed by atoms with Crippen molar-refractivity contribution >= 4 is 23.0 Å². The van der Waals surface area contributed by atoms with E-state index in [-0.39, 0.29) is 0 Å². The number of anilines is 4. The molecule has 1 heterocycles. The number of aryl methyl sites for hydroxylation is 1. The molecule has 0 atom stereocenters. The van der Waals surface area contributed by atoms with Crippen molar-refractivity contribution in [1.29, 1.82) is 0 Å². The van der Waals surface area contributed by atoms with E-state index >= 15 is 0 Å². The van der Waals surface area contributed by atoms with Crippen molar-refractivity contribution in [3.63, 3.8) is 0 Å². The molecule has 0 bridgehead atoms. The summed E-state index contributed by atoms with van der Waals surface area (Å²) in [4.78, 5) is 8.51. The highest BCUT2D eigenvalue weighted by atomic mass is 15.1. The number of rotatable bonds is 7. The quantitative estimate of drug-likeness (QED) is 0.609. The molecule has 0 saturated carbocycles. The molecule has 5 nitrogen and oxygen atoms in total. The topological polar surface area (TPSA) is 75.9 Å². The van der Waals surface area contributed by atoms with Crippen LogP contribution in [0.3, 0.4) is 0 Å². The Morgan fingerprint density at radius 3 is 2.32 bits per heavy atom. The molecule has 25 heavy (non-hydrogen) atoms. The van der Waals surface area contributed by atoms with Crippen molar-refractivity contribution in [2.24, 2.45) is 0 Å². The van der Waals surface area contributed by atoms with Crippen LogP contribution in [0.2, 0.25) is 0 Å². The molecule has 0 unspecified atom stereocenters. The van der Waals surface area contributed by atoms with Gasteiger partial charge in [-0.15, -0.1) is 0 Å². The van der Waals surface area contributed by atoms with Crippen LogP contribution in [0, 0.1) is 0 Å². The van der Waals surface area contributed by atoms with E-state index in [2.05, 4.69) is 51.8 Å². The average molecular weight is 333 g/mol. The summed E-state index contributed by atoms with van der Waals surface area (Å²) in [6.45, 7) is 2.90. The molecule has 1 aromatic heterocycles. The van der Waals surface area contributed by atoms with Gasteiger partial charge in [-0.1, -0.05) is 49.4 Å². The second-order valence-electron chi connectivity index (χ2n) is 5.82. The molecule has 128 valence electrons. The monoisotopic (exact) mass is 333 g/mol. The second kappa shape index (κ2) is 8.15. The summed E-state index contributed by atoms with van der Waals surface area (Å²) in [7, 11) is 0. The second-order valence-corrected chi connectivity index (χ2v) is 5.82. The van der Waals surface area contributed by atoms with Crippen LogP contribution < -0.4 is 16.4 Å². The van der Waals surface area contributed by atoms with Crippen LogP contribution in [-0.2, 0) is 12.8 Å². The first-order valence-electron chi connectivity index (χ1n) is 8.50. The Kier molecular flexibility index (Phi) is 5.46. The molecule has 0 saturated heterocycles. The maximum atomic E-state index is 6.22. The first-order chi connectivity index (χ1) is 12.3. The van der Waals surface area contributed by atoms with Gasteiger partial charge in [0.15, 0.2) is 11.6 Å². The van der Waals surface area contributed by atoms with Crippen LogP contribution in [0.4, 0.5) is 23.0 Å². The number of hydrogen-bond acceptors (Lipinski definition) is 5. The molecule has 4 N–H and O–H groups in total. The van der Waals surface area contributed by atoms with Gasteiger partial charge >= 0.3 is 0 Å². The Morgan fingerprint density at radius 1 is 0.880 bits per heavy atom. The molecule has 5 heteroatoms. The maximum absolute atomic E-state index is 6.22. The van der Waals surface area contributed by atoms with Gasteiger partial charge in [-0.25, -0.2) is 9.97 Å². The lowest BCUT2D eigenvalue weighted by molar-refractivity contribution is 1.00. The Morgan fingerprint density at radius 2 is 1.60 bits per heavy atom. The third-order valence-electron chi connectivity index (χ3n) is 4.06. The number of benzene rings is 2. The first kappa shape index (κ1) is 16.8. The predicted octanol–water partition coefficient (Wildman–Crippen LogP) is 4.02. The molecule has 0 fully saturated rings. The van der Waals surface area contributed by atoms with Gasteiger partial charge in [-0.3, -0.25) is 0 Å². The van der Waals surface area contributed by atoms with Gasteiger partial charge < -0.3 is 16.4 Å². The van der Waals surface area contributed by atoms with E-state index in [0.29, 0.717) is 17.3 Å². The van der Waals surface area contributed by atoms with E-state index < -0.39 is 0 Å². The minimum atomic E-state index is 0.523. The number of nitrogens with two attached hydrogens (primary N) is 1. The van der Waals surface area contributed by atoms with Gasteiger partial charge in [-0.05, 0) is 36.1 Å². The van der Waals surface area contributed by atoms with E-state index in [1.807, 2.05) is 30.3 Å². The summed E-state index contributed by atoms with van der Waals surface area (Å²) in [5.74, 6) is 1.26. The highest BCUT2D eigenvalue weighted by molar-refractivity contribution is 5.77. The molecule has 0 spiro atoms. The number of nitrogens with zero attached hydrogens (tertiary/aromatic N) is 2. The molecule has 3 aromatic rings. The van der Waals surface area contributed by atoms with Crippen molar-refractivity contribution in [3.8, 4) is 0 Å². The molecule has 0 amide bonds. The fourth-order valence-corrected chi connectivity index (χ4v) is 2.57. The predicted molar refractivity (Wildman–Crippen MR) is 104 cm³/mol. The van der Waals surface area contributed by atoms with Crippen LogP contribution in [0.15, 0.2) is 60.9 Å². The van der Waals surface area contributed by atoms with Crippen LogP contribution >= 0.6 is 0 Å². The Bertz CT molecular complexity index is 800. The average Bonchev–Trinajstić information content (AvgIpc) is 2.66. The molecule has 2 aromatic carbocycles. The molecular formula is C20H23N5. The number of nitrogen functional groups attached to an aromatic ring is 1. The minimum Gasteiger partial charge on any atom is -0.393 e. The third kappa shape index (κ3) is 4.47. The number of nitrogens with one attached hydrogen (secondary N) is 2. The molecule has 3 rings (SSSR count). The summed E-state index contributed by atoms with van der Waals surface area (Å²) < 4.78 is 0. The summed E-state index contributed by atoms with van der Waals surface area (Å²) in [6, 6.07) is 18.6. The van der Waals surface area contributed by atoms with Gasteiger partial charge in [0.2, 0.25) is 0 Å². The van der Waals surface area contributed by atoms with Crippen molar-refractivity contribution in [1.82, 2.24) is 9.97 Å². The largest absolute Gasteiger partial charge is 0.393 e. The summed E-state index contributed by atoms with van der Waals surface area (Å²) in [5.41, 5.74) is 10.3. The lowest BCUT2D eigenvalue weighted by Gasteiger charge is -2.13. The zero-order chi connectivity index (χ0) is 17.5. The Balaban J connectivity index is 1.64. The Hall–Kier alpha value is -3.08. The van der Waals surface area contributed by atoms with E-state index in [9.17, 15) is 0 Å². The van der Waals surface area contributed by atoms with Crippen molar-refractivity contribution in [2.45, 2.75) is 19.8 Å². The van der Waals surface area contributed by atoms with E-state index in [1.54, 1.807) is 0 Å². The van der Waals surface area contributed by atoms with Crippen LogP contribution in [0.1, 0.15) is 18.1 Å². The summed E-state index contributed by atoms with van der Waals surface area (Å²) >= 11 is 0. The summed E-state index contributed by atoms with van der Waals surface area (Å²) in [5, 5.41) is 6.55.